The fourth-order valence-electron chi connectivity index (χ4n) is 1.02. The fourth-order valence-corrected chi connectivity index (χ4v) is 1.89. The van der Waals surface area contributed by atoms with Crippen molar-refractivity contribution in [3.63, 3.8) is 0 Å². The van der Waals surface area contributed by atoms with E-state index in [1.165, 1.54) is 0 Å². The maximum atomic E-state index is 5.41. The van der Waals surface area contributed by atoms with Gasteiger partial charge in [-0.25, -0.2) is 5.84 Å². The van der Waals surface area contributed by atoms with Crippen LogP contribution in [0, 0.1) is 5.92 Å². The van der Waals surface area contributed by atoms with Crippen LogP contribution in [0.1, 0.15) is 34.1 Å². The van der Waals surface area contributed by atoms with Crippen molar-refractivity contribution in [3.8, 4) is 6.01 Å². The first-order valence-corrected chi connectivity index (χ1v) is 6.97. The lowest BCUT2D eigenvalue weighted by Crippen LogP contribution is -2.14. The molecule has 0 spiro atoms. The Morgan fingerprint density at radius 3 is 2.56 bits per heavy atom. The molecule has 0 saturated carbocycles. The van der Waals surface area contributed by atoms with Gasteiger partial charge >= 0.3 is 6.01 Å². The highest BCUT2D eigenvalue weighted by molar-refractivity contribution is 7.99. The van der Waals surface area contributed by atoms with Gasteiger partial charge in [0.15, 0.2) is 5.16 Å². The molecule has 1 heterocycles. The predicted molar refractivity (Wildman–Crippen MR) is 73.6 cm³/mol. The minimum absolute atomic E-state index is 0.318. The summed E-state index contributed by atoms with van der Waals surface area (Å²) in [6, 6.07) is 0.318. The van der Waals surface area contributed by atoms with Crippen molar-refractivity contribution in [3.05, 3.63) is 0 Å². The molecule has 0 fully saturated rings. The Hall–Kier alpha value is -1.08. The van der Waals surface area contributed by atoms with E-state index in [2.05, 4.69) is 41.1 Å². The lowest BCUT2D eigenvalue weighted by Gasteiger charge is -2.14. The highest BCUT2D eigenvalue weighted by Gasteiger charge is 2.13. The van der Waals surface area contributed by atoms with Gasteiger partial charge in [0.2, 0.25) is 5.95 Å². The van der Waals surface area contributed by atoms with Crippen LogP contribution in [0.4, 0.5) is 5.95 Å². The molecule has 1 rings (SSSR count). The highest BCUT2D eigenvalue weighted by Crippen LogP contribution is 2.26. The summed E-state index contributed by atoms with van der Waals surface area (Å²) in [4.78, 5) is 12.5. The van der Waals surface area contributed by atoms with Crippen LogP contribution in [0.3, 0.4) is 0 Å². The molecule has 0 aliphatic rings. The average Bonchev–Trinajstić information content (AvgIpc) is 2.35. The van der Waals surface area contributed by atoms with Gasteiger partial charge in [-0.1, -0.05) is 39.5 Å². The number of hydrazine groups is 1. The number of hydrogen-bond donors (Lipinski definition) is 2. The zero-order chi connectivity index (χ0) is 13.5. The smallest absolute Gasteiger partial charge is 0.322 e. The SMILES string of the molecule is CCCOc1nc(NN)nc(SC(C)C(C)C)n1. The largest absolute Gasteiger partial charge is 0.463 e. The molecule has 1 atom stereocenters. The number of anilines is 1. The number of hydrogen-bond acceptors (Lipinski definition) is 7. The Bertz CT molecular complexity index is 374. The highest BCUT2D eigenvalue weighted by atomic mass is 32.2. The second-order valence-electron chi connectivity index (χ2n) is 4.28. The van der Waals surface area contributed by atoms with E-state index in [1.807, 2.05) is 6.92 Å². The normalized spacial score (nSPS) is 12.6. The van der Waals surface area contributed by atoms with Crippen LogP contribution >= 0.6 is 11.8 Å². The molecule has 6 nitrogen and oxygen atoms in total. The van der Waals surface area contributed by atoms with Gasteiger partial charge in [-0.15, -0.1) is 0 Å². The lowest BCUT2D eigenvalue weighted by molar-refractivity contribution is 0.288. The van der Waals surface area contributed by atoms with E-state index >= 15 is 0 Å². The van der Waals surface area contributed by atoms with Crippen LogP contribution in [0.25, 0.3) is 0 Å². The predicted octanol–water partition coefficient (Wildman–Crippen LogP) is 2.08. The summed E-state index contributed by atoms with van der Waals surface area (Å²) in [6.07, 6.45) is 0.905. The van der Waals surface area contributed by atoms with Gasteiger partial charge in [0, 0.05) is 5.25 Å². The van der Waals surface area contributed by atoms with E-state index in [-0.39, 0.29) is 0 Å². The van der Waals surface area contributed by atoms with Crippen LogP contribution in [0.2, 0.25) is 0 Å². The van der Waals surface area contributed by atoms with Crippen molar-refractivity contribution in [1.29, 1.82) is 0 Å². The Balaban J connectivity index is 2.82. The number of nitrogen functional groups attached to an aromatic ring is 1. The minimum Gasteiger partial charge on any atom is -0.463 e. The van der Waals surface area contributed by atoms with Crippen molar-refractivity contribution in [2.24, 2.45) is 11.8 Å². The lowest BCUT2D eigenvalue weighted by atomic mass is 10.2. The third-order valence-electron chi connectivity index (χ3n) is 2.39. The van der Waals surface area contributed by atoms with E-state index < -0.39 is 0 Å². The quantitative estimate of drug-likeness (QED) is 0.446. The molecular formula is C11H21N5OS. The third-order valence-corrected chi connectivity index (χ3v) is 3.70. The molecule has 3 N–H and O–H groups in total. The second kappa shape index (κ2) is 7.38. The van der Waals surface area contributed by atoms with Crippen LogP contribution < -0.4 is 16.0 Å². The van der Waals surface area contributed by atoms with Crippen molar-refractivity contribution < 1.29 is 4.74 Å². The molecule has 0 aliphatic carbocycles. The van der Waals surface area contributed by atoms with Gasteiger partial charge in [0.05, 0.1) is 6.61 Å². The van der Waals surface area contributed by atoms with E-state index in [4.69, 9.17) is 10.6 Å². The van der Waals surface area contributed by atoms with E-state index in [0.29, 0.717) is 34.9 Å². The zero-order valence-electron chi connectivity index (χ0n) is 11.3. The number of nitrogens with one attached hydrogen (secondary N) is 1. The summed E-state index contributed by atoms with van der Waals surface area (Å²) in [5.41, 5.74) is 2.43. The maximum absolute atomic E-state index is 5.41. The summed E-state index contributed by atoms with van der Waals surface area (Å²) in [6.45, 7) is 9.07. The maximum Gasteiger partial charge on any atom is 0.322 e. The van der Waals surface area contributed by atoms with E-state index in [9.17, 15) is 0 Å². The van der Waals surface area contributed by atoms with Crippen molar-refractivity contribution in [1.82, 2.24) is 15.0 Å². The number of aromatic nitrogens is 3. The first-order chi connectivity index (χ1) is 8.56. The molecule has 0 aromatic carbocycles. The number of thioether (sulfide) groups is 1. The number of nitrogens with two attached hydrogens (primary N) is 1. The van der Waals surface area contributed by atoms with Crippen LogP contribution in [0.15, 0.2) is 5.16 Å². The molecule has 0 amide bonds. The fraction of sp³-hybridized carbons (Fsp3) is 0.727. The minimum atomic E-state index is 0.318. The van der Waals surface area contributed by atoms with Gasteiger partial charge in [0.1, 0.15) is 0 Å². The van der Waals surface area contributed by atoms with Gasteiger partial charge in [0.25, 0.3) is 0 Å². The Kier molecular flexibility index (Phi) is 6.14. The van der Waals surface area contributed by atoms with Crippen molar-refractivity contribution in [2.45, 2.75) is 44.5 Å². The Labute approximate surface area is 112 Å². The summed E-state index contributed by atoms with van der Waals surface area (Å²) >= 11 is 1.59. The summed E-state index contributed by atoms with van der Waals surface area (Å²) < 4.78 is 5.41. The first-order valence-electron chi connectivity index (χ1n) is 6.09. The molecule has 0 bridgehead atoms. The Morgan fingerprint density at radius 2 is 2.00 bits per heavy atom. The standard InChI is InChI=1S/C11H21N5OS/c1-5-6-17-10-13-9(16-12)14-11(15-10)18-8(4)7(2)3/h7-8H,5-6,12H2,1-4H3,(H,13,14,15,16). The van der Waals surface area contributed by atoms with E-state index in [1.54, 1.807) is 11.8 Å². The molecule has 18 heavy (non-hydrogen) atoms. The van der Waals surface area contributed by atoms with Crippen LogP contribution in [-0.4, -0.2) is 26.8 Å². The third kappa shape index (κ3) is 4.66. The van der Waals surface area contributed by atoms with Gasteiger partial charge in [-0.3, -0.25) is 5.43 Å². The first kappa shape index (κ1) is 15.0. The molecule has 1 unspecified atom stereocenters. The number of rotatable bonds is 7. The molecule has 1 aromatic heterocycles. The molecule has 0 saturated heterocycles. The van der Waals surface area contributed by atoms with Crippen LogP contribution in [0.5, 0.6) is 6.01 Å². The van der Waals surface area contributed by atoms with Crippen LogP contribution in [-0.2, 0) is 0 Å². The average molecular weight is 271 g/mol. The topological polar surface area (TPSA) is 86.0 Å². The molecular weight excluding hydrogens is 250 g/mol. The van der Waals surface area contributed by atoms with Gasteiger partial charge in [-0.05, 0) is 12.3 Å². The molecule has 1 aromatic rings. The second-order valence-corrected chi connectivity index (χ2v) is 5.63. The molecule has 7 heteroatoms. The molecule has 0 aliphatic heterocycles. The summed E-state index contributed by atoms with van der Waals surface area (Å²) in [5, 5.41) is 1.04. The van der Waals surface area contributed by atoms with Gasteiger partial charge in [-0.2, -0.15) is 15.0 Å². The van der Waals surface area contributed by atoms with Crippen molar-refractivity contribution >= 4 is 17.7 Å². The summed E-state index contributed by atoms with van der Waals surface area (Å²) in [5.74, 6) is 6.21. The monoisotopic (exact) mass is 271 g/mol. The zero-order valence-corrected chi connectivity index (χ0v) is 12.1. The van der Waals surface area contributed by atoms with Gasteiger partial charge < -0.3 is 4.74 Å². The molecule has 0 radical (unpaired) electrons. The van der Waals surface area contributed by atoms with Crippen molar-refractivity contribution in [2.75, 3.05) is 12.0 Å². The number of nitrogens with zero attached hydrogens (tertiary/aromatic N) is 3. The van der Waals surface area contributed by atoms with E-state index in [0.717, 1.165) is 6.42 Å². The Morgan fingerprint density at radius 1 is 1.28 bits per heavy atom. The number of ether oxygens (including phenoxy) is 1. The molecule has 102 valence electrons. The summed E-state index contributed by atoms with van der Waals surface area (Å²) in [7, 11) is 0.